The maximum Gasteiger partial charge on any atom is 0.326 e. The molecule has 0 aliphatic heterocycles. The van der Waals surface area contributed by atoms with E-state index >= 15 is 0 Å². The molecular weight excluding hydrogens is 480 g/mol. The molecule has 2 aromatic carbocycles. The van der Waals surface area contributed by atoms with Gasteiger partial charge < -0.3 is 18.8 Å². The number of thiazole rings is 1. The number of aromatic nitrogens is 1. The van der Waals surface area contributed by atoms with Gasteiger partial charge in [-0.15, -0.1) is 0 Å². The van der Waals surface area contributed by atoms with Crippen LogP contribution in [0.3, 0.4) is 0 Å². The molecule has 34 heavy (non-hydrogen) atoms. The zero-order valence-electron chi connectivity index (χ0n) is 19.1. The number of carbonyl (C=O) groups is 2. The summed E-state index contributed by atoms with van der Waals surface area (Å²) in [7, 11) is -0.486. The van der Waals surface area contributed by atoms with Crippen LogP contribution in [-0.4, -0.2) is 51.4 Å². The Hall–Kier alpha value is -3.18. The lowest BCUT2D eigenvalue weighted by Crippen LogP contribution is -2.23. The fourth-order valence-electron chi connectivity index (χ4n) is 3.23. The van der Waals surface area contributed by atoms with Gasteiger partial charge in [0.15, 0.2) is 14.6 Å². The minimum absolute atomic E-state index is 0.0492. The van der Waals surface area contributed by atoms with Crippen molar-refractivity contribution in [1.29, 1.82) is 0 Å². The number of ether oxygens (including phenoxy) is 3. The highest BCUT2D eigenvalue weighted by atomic mass is 32.2. The number of nitrogens with zero attached hydrogens (tertiary/aromatic N) is 2. The third-order valence-corrected chi connectivity index (χ3v) is 7.78. The van der Waals surface area contributed by atoms with E-state index in [-0.39, 0.29) is 36.6 Å². The Balaban J connectivity index is 1.78. The van der Waals surface area contributed by atoms with Crippen molar-refractivity contribution in [3.05, 3.63) is 47.3 Å². The number of hydrogen-bond acceptors (Lipinski definition) is 8. The summed E-state index contributed by atoms with van der Waals surface area (Å²) in [6.07, 6.45) is 0.0691. The zero-order valence-corrected chi connectivity index (χ0v) is 20.8. The van der Waals surface area contributed by atoms with Crippen LogP contribution in [-0.2, 0) is 30.7 Å². The lowest BCUT2D eigenvalue weighted by molar-refractivity contribution is -0.143. The number of sulfone groups is 1. The van der Waals surface area contributed by atoms with E-state index in [0.29, 0.717) is 21.8 Å². The molecule has 182 valence electrons. The van der Waals surface area contributed by atoms with Crippen molar-refractivity contribution in [2.45, 2.75) is 31.2 Å². The van der Waals surface area contributed by atoms with Gasteiger partial charge in [0.2, 0.25) is 5.91 Å². The molecule has 0 aliphatic carbocycles. The van der Waals surface area contributed by atoms with Crippen molar-refractivity contribution >= 4 is 43.3 Å². The molecule has 0 saturated carbocycles. The average Bonchev–Trinajstić information content (AvgIpc) is 3.14. The second-order valence-electron chi connectivity index (χ2n) is 7.21. The van der Waals surface area contributed by atoms with Crippen LogP contribution in [0.5, 0.6) is 11.5 Å². The van der Waals surface area contributed by atoms with Crippen molar-refractivity contribution in [3.8, 4) is 11.5 Å². The van der Waals surface area contributed by atoms with Gasteiger partial charge in [-0.1, -0.05) is 11.3 Å². The molecule has 1 aromatic heterocycles. The molecule has 1 heterocycles. The molecule has 1 amide bonds. The molecule has 3 rings (SSSR count). The van der Waals surface area contributed by atoms with Gasteiger partial charge in [-0.05, 0) is 55.8 Å². The smallest absolute Gasteiger partial charge is 0.326 e. The first-order chi connectivity index (χ1) is 16.3. The summed E-state index contributed by atoms with van der Waals surface area (Å²) in [5, 5.41) is 0. The molecule has 3 aromatic rings. The van der Waals surface area contributed by atoms with Gasteiger partial charge in [0.25, 0.3) is 0 Å². The Morgan fingerprint density at radius 1 is 1.03 bits per heavy atom. The van der Waals surface area contributed by atoms with E-state index in [1.54, 1.807) is 48.9 Å². The zero-order chi connectivity index (χ0) is 24.7. The first kappa shape index (κ1) is 25.4. The maximum absolute atomic E-state index is 12.6. The summed E-state index contributed by atoms with van der Waals surface area (Å²) >= 11 is 1.24. The normalized spacial score (nSPS) is 12.0. The highest BCUT2D eigenvalue weighted by Gasteiger charge is 2.16. The number of hydrogen-bond donors (Lipinski definition) is 0. The van der Waals surface area contributed by atoms with E-state index in [4.69, 9.17) is 14.2 Å². The van der Waals surface area contributed by atoms with Gasteiger partial charge in [-0.3, -0.25) is 9.59 Å². The Morgan fingerprint density at radius 3 is 2.35 bits per heavy atom. The van der Waals surface area contributed by atoms with Gasteiger partial charge in [0.05, 0.1) is 41.7 Å². The second-order valence-corrected chi connectivity index (χ2v) is 10.3. The lowest BCUT2D eigenvalue weighted by Gasteiger charge is -2.06. The number of rotatable bonds is 10. The van der Waals surface area contributed by atoms with Gasteiger partial charge in [-0.2, -0.15) is 4.99 Å². The van der Waals surface area contributed by atoms with Crippen molar-refractivity contribution in [1.82, 2.24) is 4.57 Å². The predicted molar refractivity (Wildman–Crippen MR) is 128 cm³/mol. The van der Waals surface area contributed by atoms with Crippen LogP contribution in [0.25, 0.3) is 10.2 Å². The lowest BCUT2D eigenvalue weighted by atomic mass is 10.3. The summed E-state index contributed by atoms with van der Waals surface area (Å²) < 4.78 is 42.8. The summed E-state index contributed by atoms with van der Waals surface area (Å²) in [4.78, 5) is 29.3. The topological polar surface area (TPSA) is 113 Å². The van der Waals surface area contributed by atoms with Gasteiger partial charge in [0.1, 0.15) is 18.0 Å². The van der Waals surface area contributed by atoms with E-state index < -0.39 is 21.7 Å². The van der Waals surface area contributed by atoms with Crippen molar-refractivity contribution in [3.63, 3.8) is 0 Å². The van der Waals surface area contributed by atoms with Crippen LogP contribution in [0.1, 0.15) is 19.8 Å². The number of carbonyl (C=O) groups excluding carboxylic acids is 2. The molecule has 0 fully saturated rings. The first-order valence-electron chi connectivity index (χ1n) is 10.5. The van der Waals surface area contributed by atoms with Crippen LogP contribution >= 0.6 is 11.3 Å². The molecule has 0 atom stereocenters. The maximum atomic E-state index is 12.6. The summed E-state index contributed by atoms with van der Waals surface area (Å²) in [6.45, 7) is 1.86. The highest BCUT2D eigenvalue weighted by molar-refractivity contribution is 7.91. The van der Waals surface area contributed by atoms with E-state index in [9.17, 15) is 18.0 Å². The van der Waals surface area contributed by atoms with Gasteiger partial charge in [0, 0.05) is 6.42 Å². The minimum atomic E-state index is -3.54. The molecule has 0 bridgehead atoms. The fraction of sp³-hybridized carbons (Fsp3) is 0.348. The van der Waals surface area contributed by atoms with Crippen LogP contribution in [0.4, 0.5) is 0 Å². The Labute approximate surface area is 201 Å². The van der Waals surface area contributed by atoms with Crippen LogP contribution < -0.4 is 14.3 Å². The molecule has 0 saturated heterocycles. The summed E-state index contributed by atoms with van der Waals surface area (Å²) in [6, 6.07) is 11.4. The molecular formula is C23H26N2O7S2. The standard InChI is InChI=1S/C23H26N2O7S2/c1-4-32-22(27)15-25-19-12-9-17(31-3)14-20(19)33-23(25)24-21(26)6-5-13-34(28,29)18-10-7-16(30-2)8-11-18/h7-12,14H,4-6,13,15H2,1-3H3. The first-order valence-corrected chi connectivity index (χ1v) is 13.0. The number of esters is 1. The molecule has 9 nitrogen and oxygen atoms in total. The van der Waals surface area contributed by atoms with E-state index in [0.717, 1.165) is 4.70 Å². The van der Waals surface area contributed by atoms with Gasteiger partial charge in [-0.25, -0.2) is 8.42 Å². The third kappa shape index (κ3) is 6.23. The Bertz CT molecular complexity index is 1340. The SMILES string of the molecule is CCOC(=O)Cn1c(=NC(=O)CCCS(=O)(=O)c2ccc(OC)cc2)sc2cc(OC)ccc21. The summed E-state index contributed by atoms with van der Waals surface area (Å²) in [5.41, 5.74) is 0.715. The van der Waals surface area contributed by atoms with Crippen LogP contribution in [0.2, 0.25) is 0 Å². The average molecular weight is 507 g/mol. The minimum Gasteiger partial charge on any atom is -0.497 e. The fourth-order valence-corrected chi connectivity index (χ4v) is 5.62. The molecule has 0 unspecified atom stereocenters. The quantitative estimate of drug-likeness (QED) is 0.389. The van der Waals surface area contributed by atoms with Crippen molar-refractivity contribution < 1.29 is 32.2 Å². The number of methoxy groups -OCH3 is 2. The predicted octanol–water partition coefficient (Wildman–Crippen LogP) is 2.96. The van der Waals surface area contributed by atoms with Crippen LogP contribution in [0.15, 0.2) is 52.4 Å². The van der Waals surface area contributed by atoms with Crippen molar-refractivity contribution in [2.75, 3.05) is 26.6 Å². The van der Waals surface area contributed by atoms with Gasteiger partial charge >= 0.3 is 5.97 Å². The monoisotopic (exact) mass is 506 g/mol. The van der Waals surface area contributed by atoms with E-state index in [1.165, 1.54) is 30.6 Å². The van der Waals surface area contributed by atoms with Crippen LogP contribution in [0, 0.1) is 0 Å². The molecule has 11 heteroatoms. The second kappa shape index (κ2) is 11.3. The van der Waals surface area contributed by atoms with E-state index in [1.807, 2.05) is 0 Å². The highest BCUT2D eigenvalue weighted by Crippen LogP contribution is 2.23. The Kier molecular flexibility index (Phi) is 8.46. The number of amides is 1. The molecule has 0 radical (unpaired) electrons. The van der Waals surface area contributed by atoms with E-state index in [2.05, 4.69) is 4.99 Å². The number of benzene rings is 2. The molecule has 0 aliphatic rings. The van der Waals surface area contributed by atoms with Crippen molar-refractivity contribution in [2.24, 2.45) is 4.99 Å². The summed E-state index contributed by atoms with van der Waals surface area (Å²) in [5.74, 6) is 0.0924. The Morgan fingerprint density at radius 2 is 1.71 bits per heavy atom. The largest absolute Gasteiger partial charge is 0.497 e. The molecule has 0 spiro atoms. The number of fused-ring (bicyclic) bond motifs is 1. The third-order valence-electron chi connectivity index (χ3n) is 4.93. The molecule has 0 N–H and O–H groups in total.